The Kier molecular flexibility index (Phi) is 4.29. The number of hydrogen-bond donors (Lipinski definition) is 0. The zero-order valence-corrected chi connectivity index (χ0v) is 15.4. The first-order valence-corrected chi connectivity index (χ1v) is 8.95. The molecule has 2 aliphatic heterocycles. The highest BCUT2D eigenvalue weighted by Gasteiger charge is 2.26. The first-order chi connectivity index (χ1) is 14.7. The fourth-order valence-corrected chi connectivity index (χ4v) is 2.94. The van der Waals surface area contributed by atoms with Crippen LogP contribution in [0, 0.1) is 0 Å². The van der Waals surface area contributed by atoms with Crippen molar-refractivity contribution in [2.45, 2.75) is 0 Å². The van der Waals surface area contributed by atoms with E-state index in [9.17, 15) is 9.59 Å². The van der Waals surface area contributed by atoms with Crippen molar-refractivity contribution in [2.24, 2.45) is 4.99 Å². The van der Waals surface area contributed by atoms with Crippen LogP contribution in [0.1, 0.15) is 21.7 Å². The molecule has 0 saturated heterocycles. The molecule has 8 heteroatoms. The lowest BCUT2D eigenvalue weighted by Crippen LogP contribution is -2.09. The maximum atomic E-state index is 12.6. The summed E-state index contributed by atoms with van der Waals surface area (Å²) in [6.45, 7) is 0.112. The van der Waals surface area contributed by atoms with E-state index in [1.807, 2.05) is 0 Å². The second kappa shape index (κ2) is 7.25. The molecule has 0 N–H and O–H groups in total. The van der Waals surface area contributed by atoms with Gasteiger partial charge < -0.3 is 23.4 Å². The molecule has 0 fully saturated rings. The van der Waals surface area contributed by atoms with Crippen molar-refractivity contribution in [3.8, 4) is 17.2 Å². The average Bonchev–Trinajstić information content (AvgIpc) is 3.50. The molecule has 1 aromatic heterocycles. The third-order valence-electron chi connectivity index (χ3n) is 4.37. The molecule has 8 nitrogen and oxygen atoms in total. The number of aliphatic imine (C=N–C) groups is 1. The summed E-state index contributed by atoms with van der Waals surface area (Å²) in [5, 5.41) is 0. The molecule has 30 heavy (non-hydrogen) atoms. The minimum absolute atomic E-state index is 0.0629. The molecule has 0 unspecified atom stereocenters. The average molecular weight is 403 g/mol. The highest BCUT2D eigenvalue weighted by Crippen LogP contribution is 2.33. The monoisotopic (exact) mass is 403 g/mol. The number of cyclic esters (lactones) is 1. The van der Waals surface area contributed by atoms with E-state index in [1.165, 1.54) is 12.3 Å². The largest absolute Gasteiger partial charge is 0.459 e. The number of nitrogens with zero attached hydrogens (tertiary/aromatic N) is 1. The van der Waals surface area contributed by atoms with Gasteiger partial charge in [0.1, 0.15) is 5.75 Å². The second-order valence-corrected chi connectivity index (χ2v) is 6.31. The summed E-state index contributed by atoms with van der Waals surface area (Å²) in [5.74, 6) is 0.531. The number of ether oxygens (including phenoxy) is 4. The van der Waals surface area contributed by atoms with Gasteiger partial charge in [-0.2, -0.15) is 0 Å². The number of esters is 2. The fraction of sp³-hybridized carbons (Fsp3) is 0.0455. The molecule has 0 atom stereocenters. The van der Waals surface area contributed by atoms with Crippen molar-refractivity contribution in [1.82, 2.24) is 0 Å². The van der Waals surface area contributed by atoms with Gasteiger partial charge in [0.25, 0.3) is 5.90 Å². The van der Waals surface area contributed by atoms with Crippen LogP contribution in [0.3, 0.4) is 0 Å². The van der Waals surface area contributed by atoms with Gasteiger partial charge in [0.05, 0.1) is 11.8 Å². The van der Waals surface area contributed by atoms with Gasteiger partial charge in [0, 0.05) is 5.56 Å². The molecule has 3 heterocycles. The minimum Gasteiger partial charge on any atom is -0.459 e. The molecular weight excluding hydrogens is 390 g/mol. The van der Waals surface area contributed by atoms with Gasteiger partial charge in [-0.05, 0) is 42.5 Å². The maximum absolute atomic E-state index is 12.6. The molecule has 0 amide bonds. The van der Waals surface area contributed by atoms with Crippen molar-refractivity contribution < 1.29 is 33.0 Å². The van der Waals surface area contributed by atoms with Gasteiger partial charge in [-0.15, -0.1) is 0 Å². The Morgan fingerprint density at radius 2 is 1.90 bits per heavy atom. The Labute approximate surface area is 170 Å². The molecule has 2 aliphatic rings. The van der Waals surface area contributed by atoms with Crippen molar-refractivity contribution >= 4 is 23.9 Å². The lowest BCUT2D eigenvalue weighted by atomic mass is 10.1. The molecule has 0 bridgehead atoms. The van der Waals surface area contributed by atoms with E-state index >= 15 is 0 Å². The summed E-state index contributed by atoms with van der Waals surface area (Å²) < 4.78 is 26.4. The van der Waals surface area contributed by atoms with Crippen LogP contribution in [0.2, 0.25) is 0 Å². The molecule has 0 saturated carbocycles. The lowest BCUT2D eigenvalue weighted by molar-refractivity contribution is -0.130. The molecule has 0 aliphatic carbocycles. The first kappa shape index (κ1) is 17.7. The fourth-order valence-electron chi connectivity index (χ4n) is 2.94. The smallest absolute Gasteiger partial charge is 0.363 e. The van der Waals surface area contributed by atoms with Crippen LogP contribution in [-0.4, -0.2) is 24.6 Å². The van der Waals surface area contributed by atoms with E-state index in [1.54, 1.807) is 54.6 Å². The normalized spacial score (nSPS) is 15.8. The number of para-hydroxylation sites is 1. The van der Waals surface area contributed by atoms with Crippen molar-refractivity contribution in [2.75, 3.05) is 6.79 Å². The number of carbonyl (C=O) groups is 2. The lowest BCUT2D eigenvalue weighted by Gasteiger charge is -2.08. The predicted octanol–water partition coefficient (Wildman–Crippen LogP) is 3.57. The van der Waals surface area contributed by atoms with E-state index in [2.05, 4.69) is 4.99 Å². The quantitative estimate of drug-likeness (QED) is 0.373. The third kappa shape index (κ3) is 3.30. The summed E-state index contributed by atoms with van der Waals surface area (Å²) in [6, 6.07) is 14.9. The second-order valence-electron chi connectivity index (χ2n) is 6.31. The van der Waals surface area contributed by atoms with E-state index in [-0.39, 0.29) is 24.1 Å². The van der Waals surface area contributed by atoms with Crippen LogP contribution in [0.5, 0.6) is 17.2 Å². The maximum Gasteiger partial charge on any atom is 0.363 e. The van der Waals surface area contributed by atoms with Crippen LogP contribution < -0.4 is 14.2 Å². The Bertz CT molecular complexity index is 1210. The Balaban J connectivity index is 1.41. The Morgan fingerprint density at radius 1 is 1.03 bits per heavy atom. The zero-order valence-electron chi connectivity index (χ0n) is 15.4. The van der Waals surface area contributed by atoms with Crippen LogP contribution >= 0.6 is 0 Å². The van der Waals surface area contributed by atoms with Crippen LogP contribution in [0.25, 0.3) is 6.08 Å². The topological polar surface area (TPSA) is 96.6 Å². The SMILES string of the molecule is O=C1OC(c2ccco2)=NC1=Cc1ccccc1OC(=O)c1ccc2c(c1)OCO2. The summed E-state index contributed by atoms with van der Waals surface area (Å²) in [5.41, 5.74) is 0.857. The van der Waals surface area contributed by atoms with Gasteiger partial charge in [0.2, 0.25) is 6.79 Å². The standard InChI is InChI=1S/C22H13NO7/c24-21(14-7-8-17-19(11-14)28-12-27-17)29-16-5-2-1-4-13(16)10-15-22(25)30-20(23-15)18-6-3-9-26-18/h1-11H,12H2. The van der Waals surface area contributed by atoms with Gasteiger partial charge in [-0.3, -0.25) is 0 Å². The van der Waals surface area contributed by atoms with Gasteiger partial charge in [-0.25, -0.2) is 14.6 Å². The van der Waals surface area contributed by atoms with Gasteiger partial charge in [0.15, 0.2) is 23.0 Å². The van der Waals surface area contributed by atoms with Gasteiger partial charge in [-0.1, -0.05) is 18.2 Å². The summed E-state index contributed by atoms with van der Waals surface area (Å²) in [4.78, 5) is 28.9. The number of rotatable bonds is 4. The van der Waals surface area contributed by atoms with Crippen LogP contribution in [-0.2, 0) is 9.53 Å². The summed E-state index contributed by atoms with van der Waals surface area (Å²) in [6.07, 6.45) is 2.94. The Hall–Kier alpha value is -4.33. The first-order valence-electron chi connectivity index (χ1n) is 8.95. The number of carbonyl (C=O) groups excluding carboxylic acids is 2. The van der Waals surface area contributed by atoms with Crippen molar-refractivity contribution in [3.05, 3.63) is 83.4 Å². The highest BCUT2D eigenvalue weighted by atomic mass is 16.7. The summed E-state index contributed by atoms with van der Waals surface area (Å²) in [7, 11) is 0. The summed E-state index contributed by atoms with van der Waals surface area (Å²) >= 11 is 0. The minimum atomic E-state index is -0.627. The van der Waals surface area contributed by atoms with E-state index in [4.69, 9.17) is 23.4 Å². The molecule has 3 aromatic rings. The predicted molar refractivity (Wildman–Crippen MR) is 103 cm³/mol. The number of hydrogen-bond acceptors (Lipinski definition) is 8. The highest BCUT2D eigenvalue weighted by molar-refractivity contribution is 6.12. The molecule has 0 spiro atoms. The van der Waals surface area contributed by atoms with E-state index < -0.39 is 11.9 Å². The molecule has 148 valence electrons. The van der Waals surface area contributed by atoms with Crippen LogP contribution in [0.4, 0.5) is 0 Å². The molecule has 2 aromatic carbocycles. The Morgan fingerprint density at radius 3 is 2.77 bits per heavy atom. The van der Waals surface area contributed by atoms with E-state index in [0.29, 0.717) is 28.4 Å². The number of benzene rings is 2. The zero-order chi connectivity index (χ0) is 20.5. The molecule has 0 radical (unpaired) electrons. The van der Waals surface area contributed by atoms with Crippen LogP contribution in [0.15, 0.2) is 76.0 Å². The van der Waals surface area contributed by atoms with Gasteiger partial charge >= 0.3 is 11.9 Å². The number of furan rings is 1. The molecule has 5 rings (SSSR count). The molecular formula is C22H13NO7. The van der Waals surface area contributed by atoms with Crippen molar-refractivity contribution in [1.29, 1.82) is 0 Å². The van der Waals surface area contributed by atoms with Crippen molar-refractivity contribution in [3.63, 3.8) is 0 Å². The third-order valence-corrected chi connectivity index (χ3v) is 4.37. The number of fused-ring (bicyclic) bond motifs is 1. The van der Waals surface area contributed by atoms with E-state index in [0.717, 1.165) is 0 Å².